The minimum atomic E-state index is -0.834. The minimum absolute atomic E-state index is 0.0932. The second kappa shape index (κ2) is 10.1. The maximum absolute atomic E-state index is 11.9. The van der Waals surface area contributed by atoms with E-state index in [-0.39, 0.29) is 24.1 Å². The van der Waals surface area contributed by atoms with Crippen LogP contribution in [0.3, 0.4) is 0 Å². The van der Waals surface area contributed by atoms with Crippen molar-refractivity contribution < 1.29 is 19.4 Å². The van der Waals surface area contributed by atoms with Gasteiger partial charge in [-0.1, -0.05) is 57.3 Å². The Morgan fingerprint density at radius 2 is 2.00 bits per heavy atom. The summed E-state index contributed by atoms with van der Waals surface area (Å²) in [5.74, 6) is 0.704. The second-order valence-corrected chi connectivity index (χ2v) is 12.0. The average molecular weight is 440 g/mol. The molecule has 0 saturated heterocycles. The summed E-state index contributed by atoms with van der Waals surface area (Å²) in [7, 11) is -0.438. The number of amides is 1. The molecule has 2 N–H and O–H groups in total. The molecule has 1 unspecified atom stereocenters. The van der Waals surface area contributed by atoms with Crippen LogP contribution in [0, 0.1) is 0 Å². The van der Waals surface area contributed by atoms with Crippen LogP contribution < -0.4 is 14.8 Å². The highest BCUT2D eigenvalue weighted by Gasteiger charge is 2.26. The Hall–Kier alpha value is -2.64. The van der Waals surface area contributed by atoms with E-state index in [2.05, 4.69) is 37.3 Å². The molecule has 0 aliphatic carbocycles. The van der Waals surface area contributed by atoms with E-state index in [0.717, 1.165) is 12.0 Å². The van der Waals surface area contributed by atoms with Crippen LogP contribution in [0.2, 0.25) is 18.1 Å². The molecule has 0 aromatic heterocycles. The number of aliphatic hydroxyl groups excluding tert-OH is 1. The summed E-state index contributed by atoms with van der Waals surface area (Å²) in [4.78, 5) is 16.4. The summed E-state index contributed by atoms with van der Waals surface area (Å²) in [6.45, 7) is 9.61. The lowest BCUT2D eigenvalue weighted by Crippen LogP contribution is -2.27. The van der Waals surface area contributed by atoms with Gasteiger partial charge in [-0.2, -0.15) is 0 Å². The molecule has 1 radical (unpaired) electrons. The van der Waals surface area contributed by atoms with Crippen molar-refractivity contribution in [1.29, 1.82) is 0 Å². The van der Waals surface area contributed by atoms with Crippen LogP contribution in [0.1, 0.15) is 37.5 Å². The molecule has 3 rings (SSSR count). The van der Waals surface area contributed by atoms with Crippen molar-refractivity contribution in [2.24, 2.45) is 4.99 Å². The Labute approximate surface area is 185 Å². The molecule has 31 heavy (non-hydrogen) atoms. The summed E-state index contributed by atoms with van der Waals surface area (Å²) in [5.41, 5.74) is 2.07. The largest absolute Gasteiger partial charge is 0.487 e. The van der Waals surface area contributed by atoms with E-state index in [9.17, 15) is 9.90 Å². The number of rotatable bonds is 9. The SMILES string of the molecule is C[Si](C)C(C)(C)CC=NCC(O)c1ccc(OCc2ccccc2)c2c1OCC(=O)N2. The Kier molecular flexibility index (Phi) is 7.51. The lowest BCUT2D eigenvalue weighted by Gasteiger charge is -2.26. The number of aliphatic imine (C=N–C) groups is 1. The van der Waals surface area contributed by atoms with E-state index in [1.165, 1.54) is 0 Å². The number of hydrogen-bond donors (Lipinski definition) is 2. The van der Waals surface area contributed by atoms with Gasteiger partial charge in [0.25, 0.3) is 5.91 Å². The quantitative estimate of drug-likeness (QED) is 0.441. The predicted octanol–water partition coefficient (Wildman–Crippen LogP) is 4.63. The molecule has 2 aromatic carbocycles. The van der Waals surface area contributed by atoms with E-state index < -0.39 is 14.9 Å². The highest BCUT2D eigenvalue weighted by atomic mass is 28.3. The van der Waals surface area contributed by atoms with Crippen LogP contribution in [-0.2, 0) is 11.4 Å². The van der Waals surface area contributed by atoms with Gasteiger partial charge in [0.05, 0.1) is 6.54 Å². The summed E-state index contributed by atoms with van der Waals surface area (Å²) >= 11 is 0. The fourth-order valence-electron chi connectivity index (χ4n) is 3.06. The number of carbonyl (C=O) groups is 1. The molecular formula is C24H31N2O4Si. The molecule has 1 atom stereocenters. The van der Waals surface area contributed by atoms with E-state index in [1.54, 1.807) is 12.1 Å². The van der Waals surface area contributed by atoms with Gasteiger partial charge in [-0.05, 0) is 35.4 Å². The zero-order valence-electron chi connectivity index (χ0n) is 18.6. The number of carbonyl (C=O) groups excluding carboxylic acids is 1. The number of aliphatic hydroxyl groups is 1. The Morgan fingerprint density at radius 1 is 1.26 bits per heavy atom. The molecule has 6 nitrogen and oxygen atoms in total. The number of nitrogens with zero attached hydrogens (tertiary/aromatic N) is 1. The molecule has 1 amide bonds. The molecule has 1 aliphatic rings. The summed E-state index contributed by atoms with van der Waals surface area (Å²) < 4.78 is 11.6. The third-order valence-corrected chi connectivity index (χ3v) is 8.63. The smallest absolute Gasteiger partial charge is 0.262 e. The van der Waals surface area contributed by atoms with E-state index >= 15 is 0 Å². The molecule has 0 spiro atoms. The van der Waals surface area contributed by atoms with Crippen LogP contribution in [0.4, 0.5) is 5.69 Å². The number of ether oxygens (including phenoxy) is 2. The van der Waals surface area contributed by atoms with Gasteiger partial charge in [0.15, 0.2) is 12.4 Å². The van der Waals surface area contributed by atoms with Crippen LogP contribution >= 0.6 is 0 Å². The van der Waals surface area contributed by atoms with Gasteiger partial charge < -0.3 is 19.9 Å². The predicted molar refractivity (Wildman–Crippen MR) is 126 cm³/mol. The van der Waals surface area contributed by atoms with E-state index in [4.69, 9.17) is 9.47 Å². The van der Waals surface area contributed by atoms with Gasteiger partial charge in [0, 0.05) is 14.4 Å². The molecule has 0 bridgehead atoms. The Bertz CT molecular complexity index is 929. The molecule has 165 valence electrons. The number of benzene rings is 2. The molecule has 2 aromatic rings. The van der Waals surface area contributed by atoms with Crippen LogP contribution in [-0.4, -0.2) is 39.2 Å². The fourth-order valence-corrected chi connectivity index (χ4v) is 3.55. The molecule has 7 heteroatoms. The molecule has 0 fully saturated rings. The first-order valence-electron chi connectivity index (χ1n) is 10.5. The summed E-state index contributed by atoms with van der Waals surface area (Å²) in [6.07, 6.45) is 1.96. The third-order valence-electron chi connectivity index (χ3n) is 5.72. The molecule has 1 heterocycles. The highest BCUT2D eigenvalue weighted by molar-refractivity contribution is 6.59. The average Bonchev–Trinajstić information content (AvgIpc) is 2.75. The van der Waals surface area contributed by atoms with Gasteiger partial charge in [0.2, 0.25) is 0 Å². The van der Waals surface area contributed by atoms with Crippen molar-refractivity contribution in [2.75, 3.05) is 18.5 Å². The third kappa shape index (κ3) is 5.95. The van der Waals surface area contributed by atoms with Crippen LogP contribution in [0.25, 0.3) is 0 Å². The monoisotopic (exact) mass is 439 g/mol. The van der Waals surface area contributed by atoms with Crippen molar-refractivity contribution in [3.05, 3.63) is 53.6 Å². The first-order valence-corrected chi connectivity index (χ1v) is 13.0. The minimum Gasteiger partial charge on any atom is -0.487 e. The van der Waals surface area contributed by atoms with Crippen molar-refractivity contribution >= 4 is 26.6 Å². The van der Waals surface area contributed by atoms with E-state index in [1.807, 2.05) is 36.5 Å². The maximum Gasteiger partial charge on any atom is 0.262 e. The van der Waals surface area contributed by atoms with E-state index in [0.29, 0.717) is 29.4 Å². The summed E-state index contributed by atoms with van der Waals surface area (Å²) in [5, 5.41) is 13.8. The summed E-state index contributed by atoms with van der Waals surface area (Å²) in [6, 6.07) is 13.3. The first kappa shape index (κ1) is 23.0. The van der Waals surface area contributed by atoms with Crippen LogP contribution in [0.15, 0.2) is 47.5 Å². The van der Waals surface area contributed by atoms with Gasteiger partial charge in [0.1, 0.15) is 24.1 Å². The van der Waals surface area contributed by atoms with Crippen molar-refractivity contribution in [1.82, 2.24) is 0 Å². The molecule has 0 saturated carbocycles. The first-order chi connectivity index (χ1) is 14.8. The Balaban J connectivity index is 1.73. The zero-order chi connectivity index (χ0) is 22.4. The fraction of sp³-hybridized carbons (Fsp3) is 0.417. The number of nitrogens with one attached hydrogen (secondary N) is 1. The number of fused-ring (bicyclic) bond motifs is 1. The normalized spacial score (nSPS) is 14.8. The van der Waals surface area contributed by atoms with Gasteiger partial charge in [-0.25, -0.2) is 0 Å². The van der Waals surface area contributed by atoms with Crippen molar-refractivity contribution in [3.8, 4) is 11.5 Å². The zero-order valence-corrected chi connectivity index (χ0v) is 19.6. The van der Waals surface area contributed by atoms with Gasteiger partial charge >= 0.3 is 0 Å². The standard InChI is InChI=1S/C24H31N2O4Si/c1-24(2,31(3)4)12-13-25-14-19(27)18-10-11-20(22-23(18)30-16-21(28)26-22)29-15-17-8-6-5-7-9-17/h5-11,13,19,27H,12,14-16H2,1-4H3,(H,26,28). The van der Waals surface area contributed by atoms with Crippen LogP contribution in [0.5, 0.6) is 11.5 Å². The lowest BCUT2D eigenvalue weighted by atomic mass is 10.0. The van der Waals surface area contributed by atoms with Gasteiger partial charge in [-0.15, -0.1) is 0 Å². The number of anilines is 1. The van der Waals surface area contributed by atoms with Crippen molar-refractivity contribution in [2.45, 2.75) is 51.1 Å². The lowest BCUT2D eigenvalue weighted by molar-refractivity contribution is -0.118. The maximum atomic E-state index is 11.9. The second-order valence-electron chi connectivity index (χ2n) is 8.62. The highest BCUT2D eigenvalue weighted by Crippen LogP contribution is 2.42. The van der Waals surface area contributed by atoms with Gasteiger partial charge in [-0.3, -0.25) is 9.79 Å². The molecule has 1 aliphatic heterocycles. The number of hydrogen-bond acceptors (Lipinski definition) is 5. The Morgan fingerprint density at radius 3 is 2.71 bits per heavy atom. The molecular weight excluding hydrogens is 408 g/mol. The topological polar surface area (TPSA) is 80.2 Å². The van der Waals surface area contributed by atoms with Crippen molar-refractivity contribution in [3.63, 3.8) is 0 Å².